The lowest BCUT2D eigenvalue weighted by molar-refractivity contribution is -0.150. The fraction of sp³-hybridized carbons (Fsp3) is 0.727. The van der Waals surface area contributed by atoms with Crippen LogP contribution in [0.2, 0.25) is 0 Å². The number of carbonyl (C=O) groups excluding carboxylic acids is 3. The number of rotatable bonds is 6. The number of ketones is 2. The molecule has 0 aliphatic heterocycles. The van der Waals surface area contributed by atoms with E-state index in [0.717, 1.165) is 0 Å². The molecule has 0 saturated carbocycles. The molecule has 0 bridgehead atoms. The first-order valence-electron chi connectivity index (χ1n) is 5.16. The van der Waals surface area contributed by atoms with Crippen molar-refractivity contribution in [1.82, 2.24) is 0 Å². The van der Waals surface area contributed by atoms with Crippen LogP contribution in [0.25, 0.3) is 0 Å². The summed E-state index contributed by atoms with van der Waals surface area (Å²) in [6, 6.07) is -0.976. The molecule has 0 saturated heterocycles. The average Bonchev–Trinajstić information content (AvgIpc) is 2.15. The van der Waals surface area contributed by atoms with Crippen molar-refractivity contribution in [1.29, 1.82) is 0 Å². The number of methoxy groups -OCH3 is 1. The van der Waals surface area contributed by atoms with Gasteiger partial charge in [0.25, 0.3) is 0 Å². The van der Waals surface area contributed by atoms with Gasteiger partial charge in [0.2, 0.25) is 0 Å². The van der Waals surface area contributed by atoms with Crippen molar-refractivity contribution in [2.24, 2.45) is 17.6 Å². The molecule has 2 unspecified atom stereocenters. The summed E-state index contributed by atoms with van der Waals surface area (Å²) in [6.45, 7) is 4.87. The predicted octanol–water partition coefficient (Wildman–Crippen LogP) is 0.307. The Labute approximate surface area is 95.3 Å². The largest absolute Gasteiger partial charge is 0.469 e. The molecule has 16 heavy (non-hydrogen) atoms. The van der Waals surface area contributed by atoms with E-state index in [1.54, 1.807) is 13.8 Å². The van der Waals surface area contributed by atoms with Crippen LogP contribution in [0.15, 0.2) is 0 Å². The van der Waals surface area contributed by atoms with Crippen molar-refractivity contribution < 1.29 is 19.1 Å². The van der Waals surface area contributed by atoms with Crippen molar-refractivity contribution in [3.63, 3.8) is 0 Å². The van der Waals surface area contributed by atoms with Crippen LogP contribution in [0.1, 0.15) is 27.2 Å². The van der Waals surface area contributed by atoms with E-state index in [1.165, 1.54) is 14.0 Å². The van der Waals surface area contributed by atoms with Crippen LogP contribution < -0.4 is 5.73 Å². The standard InChI is InChI=1S/C11H19NO4/c1-6(2)9(11(15)16-4)10(12)8(14)5-7(3)13/h6,9-10H,5,12H2,1-4H3. The van der Waals surface area contributed by atoms with Gasteiger partial charge in [0.05, 0.1) is 25.5 Å². The zero-order valence-electron chi connectivity index (χ0n) is 10.1. The highest BCUT2D eigenvalue weighted by Gasteiger charge is 2.34. The Morgan fingerprint density at radius 1 is 1.25 bits per heavy atom. The molecule has 2 atom stereocenters. The van der Waals surface area contributed by atoms with E-state index in [4.69, 9.17) is 5.73 Å². The molecule has 0 fully saturated rings. The van der Waals surface area contributed by atoms with Crippen LogP contribution in [0.4, 0.5) is 0 Å². The first-order chi connectivity index (χ1) is 7.31. The maximum Gasteiger partial charge on any atom is 0.310 e. The molecular formula is C11H19NO4. The van der Waals surface area contributed by atoms with Gasteiger partial charge in [-0.3, -0.25) is 14.4 Å². The van der Waals surface area contributed by atoms with Gasteiger partial charge in [0, 0.05) is 0 Å². The van der Waals surface area contributed by atoms with E-state index in [-0.39, 0.29) is 18.1 Å². The molecule has 0 radical (unpaired) electrons. The predicted molar refractivity (Wildman–Crippen MR) is 58.6 cm³/mol. The van der Waals surface area contributed by atoms with E-state index in [0.29, 0.717) is 0 Å². The molecule has 0 amide bonds. The van der Waals surface area contributed by atoms with Gasteiger partial charge >= 0.3 is 5.97 Å². The van der Waals surface area contributed by atoms with Gasteiger partial charge in [0.1, 0.15) is 5.78 Å². The van der Waals surface area contributed by atoms with Crippen LogP contribution in [0.3, 0.4) is 0 Å². The summed E-state index contributed by atoms with van der Waals surface area (Å²) in [7, 11) is 1.25. The number of carbonyl (C=O) groups is 3. The number of esters is 1. The van der Waals surface area contributed by atoms with Gasteiger partial charge < -0.3 is 10.5 Å². The molecular weight excluding hydrogens is 210 g/mol. The molecule has 0 aromatic heterocycles. The summed E-state index contributed by atoms with van der Waals surface area (Å²) in [6.07, 6.45) is -0.235. The summed E-state index contributed by atoms with van der Waals surface area (Å²) in [5.41, 5.74) is 5.68. The minimum atomic E-state index is -0.976. The second-order valence-corrected chi connectivity index (χ2v) is 4.16. The molecule has 0 rings (SSSR count). The van der Waals surface area contributed by atoms with Gasteiger partial charge in [-0.05, 0) is 12.8 Å². The Balaban J connectivity index is 4.74. The summed E-state index contributed by atoms with van der Waals surface area (Å²) in [4.78, 5) is 33.8. The van der Waals surface area contributed by atoms with Gasteiger partial charge in [-0.25, -0.2) is 0 Å². The molecule has 0 aromatic carbocycles. The lowest BCUT2D eigenvalue weighted by atomic mass is 9.85. The van der Waals surface area contributed by atoms with Gasteiger partial charge in [-0.15, -0.1) is 0 Å². The first kappa shape index (κ1) is 14.8. The van der Waals surface area contributed by atoms with E-state index in [2.05, 4.69) is 4.74 Å². The highest BCUT2D eigenvalue weighted by Crippen LogP contribution is 2.17. The Hall–Kier alpha value is -1.23. The van der Waals surface area contributed by atoms with Gasteiger partial charge in [0.15, 0.2) is 5.78 Å². The Morgan fingerprint density at radius 2 is 1.75 bits per heavy atom. The lowest BCUT2D eigenvalue weighted by Crippen LogP contribution is -2.45. The van der Waals surface area contributed by atoms with Crippen molar-refractivity contribution in [2.75, 3.05) is 7.11 Å². The van der Waals surface area contributed by atoms with Crippen LogP contribution >= 0.6 is 0 Å². The fourth-order valence-electron chi connectivity index (χ4n) is 1.53. The highest BCUT2D eigenvalue weighted by molar-refractivity contribution is 6.02. The topological polar surface area (TPSA) is 86.5 Å². The van der Waals surface area contributed by atoms with Crippen molar-refractivity contribution in [3.8, 4) is 0 Å². The molecule has 0 aliphatic rings. The Kier molecular flexibility index (Phi) is 5.88. The van der Waals surface area contributed by atoms with Crippen molar-refractivity contribution in [2.45, 2.75) is 33.2 Å². The number of hydrogen-bond acceptors (Lipinski definition) is 5. The number of hydrogen-bond donors (Lipinski definition) is 1. The second kappa shape index (κ2) is 6.37. The first-order valence-corrected chi connectivity index (χ1v) is 5.16. The molecule has 0 aromatic rings. The summed E-state index contributed by atoms with van der Waals surface area (Å²) >= 11 is 0. The summed E-state index contributed by atoms with van der Waals surface area (Å²) < 4.78 is 4.59. The quantitative estimate of drug-likeness (QED) is 0.523. The van der Waals surface area contributed by atoms with Crippen molar-refractivity contribution in [3.05, 3.63) is 0 Å². The molecule has 0 aliphatic carbocycles. The van der Waals surface area contributed by atoms with Crippen LogP contribution in [-0.4, -0.2) is 30.7 Å². The molecule has 0 heterocycles. The SMILES string of the molecule is COC(=O)C(C(C)C)C(N)C(=O)CC(C)=O. The van der Waals surface area contributed by atoms with E-state index in [9.17, 15) is 14.4 Å². The summed E-state index contributed by atoms with van der Waals surface area (Å²) in [5.74, 6) is -2.00. The van der Waals surface area contributed by atoms with Gasteiger partial charge in [-0.1, -0.05) is 13.8 Å². The van der Waals surface area contributed by atoms with Crippen LogP contribution in [0.5, 0.6) is 0 Å². The van der Waals surface area contributed by atoms with Gasteiger partial charge in [-0.2, -0.15) is 0 Å². The number of ether oxygens (including phenoxy) is 1. The van der Waals surface area contributed by atoms with Crippen molar-refractivity contribution >= 4 is 17.5 Å². The smallest absolute Gasteiger partial charge is 0.310 e. The monoisotopic (exact) mass is 229 g/mol. The molecule has 5 nitrogen and oxygen atoms in total. The van der Waals surface area contributed by atoms with E-state index >= 15 is 0 Å². The maximum atomic E-state index is 11.6. The third-order valence-electron chi connectivity index (χ3n) is 2.37. The average molecular weight is 229 g/mol. The fourth-order valence-corrected chi connectivity index (χ4v) is 1.53. The van der Waals surface area contributed by atoms with Crippen LogP contribution in [0, 0.1) is 11.8 Å². The lowest BCUT2D eigenvalue weighted by Gasteiger charge is -2.23. The zero-order valence-corrected chi connectivity index (χ0v) is 10.1. The second-order valence-electron chi connectivity index (χ2n) is 4.16. The third kappa shape index (κ3) is 4.10. The van der Waals surface area contributed by atoms with E-state index in [1.807, 2.05) is 0 Å². The Bertz CT molecular complexity index is 286. The van der Waals surface area contributed by atoms with Crippen LogP contribution in [-0.2, 0) is 19.1 Å². The highest BCUT2D eigenvalue weighted by atomic mass is 16.5. The Morgan fingerprint density at radius 3 is 2.06 bits per heavy atom. The number of Topliss-reactive ketones (excluding diaryl/α,β-unsaturated/α-hetero) is 2. The minimum Gasteiger partial charge on any atom is -0.469 e. The normalized spacial score (nSPS) is 14.4. The molecule has 2 N–H and O–H groups in total. The maximum absolute atomic E-state index is 11.6. The minimum absolute atomic E-state index is 0.113. The molecule has 5 heteroatoms. The summed E-state index contributed by atoms with van der Waals surface area (Å²) in [5, 5.41) is 0. The number of nitrogens with two attached hydrogens (primary N) is 1. The molecule has 0 spiro atoms. The van der Waals surface area contributed by atoms with E-state index < -0.39 is 23.7 Å². The third-order valence-corrected chi connectivity index (χ3v) is 2.37. The molecule has 92 valence electrons. The zero-order chi connectivity index (χ0) is 12.9.